The van der Waals surface area contributed by atoms with Gasteiger partial charge in [-0.05, 0) is 24.6 Å². The third-order valence-electron chi connectivity index (χ3n) is 2.23. The van der Waals surface area contributed by atoms with Gasteiger partial charge in [0, 0.05) is 11.6 Å². The number of fused-ring (bicyclic) bond motifs is 1. The summed E-state index contributed by atoms with van der Waals surface area (Å²) < 4.78 is 0. The van der Waals surface area contributed by atoms with Crippen molar-refractivity contribution in [3.8, 4) is 6.07 Å². The number of anilines is 1. The van der Waals surface area contributed by atoms with Gasteiger partial charge in [-0.2, -0.15) is 5.26 Å². The third kappa shape index (κ3) is 1.49. The van der Waals surface area contributed by atoms with E-state index in [9.17, 15) is 0 Å². The van der Waals surface area contributed by atoms with Crippen molar-refractivity contribution in [2.75, 3.05) is 5.73 Å². The number of nitriles is 1. The summed E-state index contributed by atoms with van der Waals surface area (Å²) in [5.74, 6) is 0. The van der Waals surface area contributed by atoms with Crippen molar-refractivity contribution in [1.82, 2.24) is 4.98 Å². The monoisotopic (exact) mass is 217 g/mol. The Bertz CT molecular complexity index is 584. The molecule has 1 aromatic carbocycles. The Labute approximate surface area is 92.1 Å². The number of nitrogen functional groups attached to an aromatic ring is 1. The third-order valence-corrected chi connectivity index (χ3v) is 2.52. The zero-order valence-electron chi connectivity index (χ0n) is 8.08. The fraction of sp³-hybridized carbons (Fsp3) is 0.0909. The summed E-state index contributed by atoms with van der Waals surface area (Å²) in [5, 5.41) is 10.1. The number of halogens is 1. The average Bonchev–Trinajstić information content (AvgIpc) is 2.19. The van der Waals surface area contributed by atoms with E-state index in [-0.39, 0.29) is 0 Å². The highest BCUT2D eigenvalue weighted by Gasteiger charge is 2.08. The molecule has 0 aliphatic rings. The van der Waals surface area contributed by atoms with Crippen LogP contribution in [0.5, 0.6) is 0 Å². The van der Waals surface area contributed by atoms with E-state index in [1.807, 2.05) is 25.1 Å². The number of benzene rings is 1. The second-order valence-electron chi connectivity index (χ2n) is 3.34. The van der Waals surface area contributed by atoms with Gasteiger partial charge in [0.15, 0.2) is 0 Å². The minimum atomic E-state index is 0.379. The summed E-state index contributed by atoms with van der Waals surface area (Å²) in [5.41, 5.74) is 8.30. The van der Waals surface area contributed by atoms with Gasteiger partial charge in [0.05, 0.1) is 21.8 Å². The van der Waals surface area contributed by atoms with Crippen molar-refractivity contribution < 1.29 is 0 Å². The van der Waals surface area contributed by atoms with Crippen LogP contribution in [-0.4, -0.2) is 4.98 Å². The van der Waals surface area contributed by atoms with Crippen molar-refractivity contribution in [3.63, 3.8) is 0 Å². The van der Waals surface area contributed by atoms with Crippen LogP contribution in [0.3, 0.4) is 0 Å². The van der Waals surface area contributed by atoms with Gasteiger partial charge in [0.2, 0.25) is 0 Å². The maximum absolute atomic E-state index is 8.81. The van der Waals surface area contributed by atoms with Gasteiger partial charge in [-0.25, -0.2) is 0 Å². The molecule has 4 heteroatoms. The summed E-state index contributed by atoms with van der Waals surface area (Å²) in [7, 11) is 0. The summed E-state index contributed by atoms with van der Waals surface area (Å²) in [6.07, 6.45) is 1.44. The number of hydrogen-bond donors (Lipinski definition) is 1. The van der Waals surface area contributed by atoms with Crippen LogP contribution in [-0.2, 0) is 0 Å². The molecular weight excluding hydrogens is 210 g/mol. The number of rotatable bonds is 0. The summed E-state index contributed by atoms with van der Waals surface area (Å²) in [4.78, 5) is 4.12. The lowest BCUT2D eigenvalue weighted by Crippen LogP contribution is -1.95. The van der Waals surface area contributed by atoms with E-state index in [0.29, 0.717) is 21.8 Å². The number of hydrogen-bond acceptors (Lipinski definition) is 3. The molecule has 0 fully saturated rings. The molecule has 0 aliphatic heterocycles. The van der Waals surface area contributed by atoms with Crippen molar-refractivity contribution in [1.29, 1.82) is 5.26 Å². The fourth-order valence-corrected chi connectivity index (χ4v) is 1.83. The van der Waals surface area contributed by atoms with E-state index in [1.165, 1.54) is 6.20 Å². The molecular formula is C11H8ClN3. The van der Waals surface area contributed by atoms with Gasteiger partial charge in [-0.1, -0.05) is 11.6 Å². The van der Waals surface area contributed by atoms with Crippen LogP contribution in [0.4, 0.5) is 5.69 Å². The second-order valence-corrected chi connectivity index (χ2v) is 3.75. The lowest BCUT2D eigenvalue weighted by atomic mass is 10.1. The van der Waals surface area contributed by atoms with Crippen LogP contribution in [0, 0.1) is 18.3 Å². The maximum atomic E-state index is 8.81. The Morgan fingerprint density at radius 2 is 2.20 bits per heavy atom. The number of nitrogens with two attached hydrogens (primary N) is 1. The Kier molecular flexibility index (Phi) is 2.22. The van der Waals surface area contributed by atoms with E-state index < -0.39 is 0 Å². The molecule has 1 heterocycles. The Hall–Kier alpha value is -1.79. The molecule has 2 aromatic rings. The second kappa shape index (κ2) is 3.41. The molecule has 0 atom stereocenters. The van der Waals surface area contributed by atoms with Crippen LogP contribution in [0.2, 0.25) is 5.02 Å². The van der Waals surface area contributed by atoms with Crippen molar-refractivity contribution in [2.24, 2.45) is 0 Å². The highest BCUT2D eigenvalue weighted by atomic mass is 35.5. The Balaban J connectivity index is 2.94. The molecule has 3 nitrogen and oxygen atoms in total. The molecule has 0 aliphatic carbocycles. The topological polar surface area (TPSA) is 62.7 Å². The lowest BCUT2D eigenvalue weighted by Gasteiger charge is -2.05. The minimum Gasteiger partial charge on any atom is -0.397 e. The van der Waals surface area contributed by atoms with E-state index in [2.05, 4.69) is 4.98 Å². The molecule has 0 radical (unpaired) electrons. The molecule has 15 heavy (non-hydrogen) atoms. The highest BCUT2D eigenvalue weighted by Crippen LogP contribution is 2.29. The average molecular weight is 218 g/mol. The molecule has 0 saturated heterocycles. The van der Waals surface area contributed by atoms with Crippen LogP contribution in [0.1, 0.15) is 11.1 Å². The van der Waals surface area contributed by atoms with E-state index in [4.69, 9.17) is 22.6 Å². The highest BCUT2D eigenvalue weighted by molar-refractivity contribution is 6.35. The lowest BCUT2D eigenvalue weighted by molar-refractivity contribution is 1.36. The molecule has 2 N–H and O–H groups in total. The van der Waals surface area contributed by atoms with Gasteiger partial charge < -0.3 is 5.73 Å². The summed E-state index contributed by atoms with van der Waals surface area (Å²) >= 11 is 6.03. The molecule has 0 unspecified atom stereocenters. The first-order chi connectivity index (χ1) is 7.13. The smallest absolute Gasteiger partial charge is 0.103 e. The minimum absolute atomic E-state index is 0.379. The van der Waals surface area contributed by atoms with Crippen LogP contribution >= 0.6 is 11.6 Å². The number of aromatic nitrogens is 1. The first-order valence-electron chi connectivity index (χ1n) is 4.38. The van der Waals surface area contributed by atoms with Crippen molar-refractivity contribution >= 4 is 28.2 Å². The van der Waals surface area contributed by atoms with Crippen molar-refractivity contribution in [3.05, 3.63) is 34.5 Å². The number of pyridine rings is 1. The first-order valence-corrected chi connectivity index (χ1v) is 4.75. The predicted octanol–water partition coefficient (Wildman–Crippen LogP) is 2.65. The van der Waals surface area contributed by atoms with E-state index in [0.717, 1.165) is 10.9 Å². The normalized spacial score (nSPS) is 10.2. The van der Waals surface area contributed by atoms with Crippen LogP contribution < -0.4 is 5.73 Å². The maximum Gasteiger partial charge on any atom is 0.103 e. The standard InChI is InChI=1S/C11H8ClN3/c1-6-2-8-10(14)7(4-13)5-15-11(8)9(12)3-6/h2-3,5H,1H3,(H2,14,15). The first kappa shape index (κ1) is 9.75. The van der Waals surface area contributed by atoms with Gasteiger partial charge in [0.1, 0.15) is 6.07 Å². The Morgan fingerprint density at radius 1 is 1.47 bits per heavy atom. The number of aryl methyl sites for hydroxylation is 1. The summed E-state index contributed by atoms with van der Waals surface area (Å²) in [6, 6.07) is 5.70. The number of nitrogens with zero attached hydrogens (tertiary/aromatic N) is 2. The van der Waals surface area contributed by atoms with Gasteiger partial charge in [0.25, 0.3) is 0 Å². The van der Waals surface area contributed by atoms with Crippen molar-refractivity contribution in [2.45, 2.75) is 6.92 Å². The largest absolute Gasteiger partial charge is 0.397 e. The molecule has 0 amide bonds. The summed E-state index contributed by atoms with van der Waals surface area (Å²) in [6.45, 7) is 1.92. The van der Waals surface area contributed by atoms with Crippen LogP contribution in [0.25, 0.3) is 10.9 Å². The molecule has 2 rings (SSSR count). The predicted molar refractivity (Wildman–Crippen MR) is 60.6 cm³/mol. The van der Waals surface area contributed by atoms with Gasteiger partial charge in [-0.3, -0.25) is 4.98 Å². The van der Waals surface area contributed by atoms with E-state index >= 15 is 0 Å². The molecule has 74 valence electrons. The molecule has 0 spiro atoms. The van der Waals surface area contributed by atoms with E-state index in [1.54, 1.807) is 0 Å². The molecule has 0 bridgehead atoms. The molecule has 1 aromatic heterocycles. The van der Waals surface area contributed by atoms with Gasteiger partial charge >= 0.3 is 0 Å². The SMILES string of the molecule is Cc1cc(Cl)c2ncc(C#N)c(N)c2c1. The van der Waals surface area contributed by atoms with Gasteiger partial charge in [-0.15, -0.1) is 0 Å². The van der Waals surface area contributed by atoms with Crippen LogP contribution in [0.15, 0.2) is 18.3 Å². The molecule has 0 saturated carbocycles. The quantitative estimate of drug-likeness (QED) is 0.738. The Morgan fingerprint density at radius 3 is 2.87 bits per heavy atom. The fourth-order valence-electron chi connectivity index (χ4n) is 1.50. The zero-order chi connectivity index (χ0) is 11.0. The zero-order valence-corrected chi connectivity index (χ0v) is 8.84.